The van der Waals surface area contributed by atoms with Gasteiger partial charge in [0.1, 0.15) is 17.5 Å². The van der Waals surface area contributed by atoms with E-state index in [0.717, 1.165) is 0 Å². The lowest BCUT2D eigenvalue weighted by Crippen LogP contribution is -1.97. The number of pyridine rings is 1. The Kier molecular flexibility index (Phi) is 2.72. The lowest BCUT2D eigenvalue weighted by Gasteiger charge is -2.06. The van der Waals surface area contributed by atoms with Crippen LogP contribution < -0.4 is 11.1 Å². The van der Waals surface area contributed by atoms with E-state index in [2.05, 4.69) is 10.3 Å². The van der Waals surface area contributed by atoms with Crippen LogP contribution >= 0.6 is 0 Å². The second-order valence-electron chi connectivity index (χ2n) is 3.54. The number of hydrogen-bond acceptors (Lipinski definition) is 3. The van der Waals surface area contributed by atoms with E-state index in [4.69, 9.17) is 5.73 Å². The molecule has 0 atom stereocenters. The number of halogens is 1. The number of benzene rings is 1. The highest BCUT2D eigenvalue weighted by Crippen LogP contribution is 2.18. The molecular formula is C12H12FN3. The van der Waals surface area contributed by atoms with Crippen LogP contribution in [-0.4, -0.2) is 4.98 Å². The van der Waals surface area contributed by atoms with Gasteiger partial charge in [-0.3, -0.25) is 0 Å². The van der Waals surface area contributed by atoms with Gasteiger partial charge in [-0.05, 0) is 36.8 Å². The summed E-state index contributed by atoms with van der Waals surface area (Å²) in [7, 11) is 0. The average molecular weight is 217 g/mol. The van der Waals surface area contributed by atoms with Crippen LogP contribution in [0.4, 0.5) is 21.7 Å². The van der Waals surface area contributed by atoms with E-state index in [0.29, 0.717) is 22.9 Å². The van der Waals surface area contributed by atoms with Crippen LogP contribution in [-0.2, 0) is 0 Å². The van der Waals surface area contributed by atoms with Crippen molar-refractivity contribution >= 4 is 17.3 Å². The Balaban J connectivity index is 2.24. The number of nitrogen functional groups attached to an aromatic ring is 1. The van der Waals surface area contributed by atoms with Gasteiger partial charge < -0.3 is 11.1 Å². The number of nitrogens with one attached hydrogen (secondary N) is 1. The van der Waals surface area contributed by atoms with Gasteiger partial charge in [-0.1, -0.05) is 12.1 Å². The summed E-state index contributed by atoms with van der Waals surface area (Å²) in [5.74, 6) is 0.787. The van der Waals surface area contributed by atoms with E-state index in [1.807, 2.05) is 0 Å². The Bertz CT molecular complexity index is 511. The third kappa shape index (κ3) is 2.28. The maximum atomic E-state index is 13.3. The fraction of sp³-hybridized carbons (Fsp3) is 0.0833. The van der Waals surface area contributed by atoms with E-state index in [1.54, 1.807) is 37.3 Å². The Morgan fingerprint density at radius 2 is 2.06 bits per heavy atom. The molecule has 0 unspecified atom stereocenters. The van der Waals surface area contributed by atoms with Crippen molar-refractivity contribution in [1.29, 1.82) is 0 Å². The normalized spacial score (nSPS) is 10.1. The molecule has 4 heteroatoms. The molecule has 16 heavy (non-hydrogen) atoms. The summed E-state index contributed by atoms with van der Waals surface area (Å²) in [6, 6.07) is 10.2. The van der Waals surface area contributed by atoms with Gasteiger partial charge in [0, 0.05) is 5.69 Å². The van der Waals surface area contributed by atoms with Gasteiger partial charge in [0.2, 0.25) is 0 Å². The quantitative estimate of drug-likeness (QED) is 0.813. The van der Waals surface area contributed by atoms with Crippen LogP contribution in [0.3, 0.4) is 0 Å². The van der Waals surface area contributed by atoms with Gasteiger partial charge in [-0.25, -0.2) is 9.37 Å². The molecule has 0 aliphatic carbocycles. The summed E-state index contributed by atoms with van der Waals surface area (Å²) < 4.78 is 13.3. The molecule has 1 heterocycles. The maximum Gasteiger partial charge on any atom is 0.132 e. The Morgan fingerprint density at radius 1 is 1.25 bits per heavy atom. The zero-order chi connectivity index (χ0) is 11.5. The van der Waals surface area contributed by atoms with E-state index in [1.165, 1.54) is 6.07 Å². The summed E-state index contributed by atoms with van der Waals surface area (Å²) in [6.45, 7) is 1.72. The zero-order valence-electron chi connectivity index (χ0n) is 8.87. The molecule has 0 radical (unpaired) electrons. The van der Waals surface area contributed by atoms with Crippen LogP contribution in [0.2, 0.25) is 0 Å². The van der Waals surface area contributed by atoms with Gasteiger partial charge in [0.25, 0.3) is 0 Å². The third-order valence-electron chi connectivity index (χ3n) is 2.21. The highest BCUT2D eigenvalue weighted by Gasteiger charge is 2.00. The predicted octanol–water partition coefficient (Wildman–Crippen LogP) is 2.85. The lowest BCUT2D eigenvalue weighted by atomic mass is 10.2. The second-order valence-corrected chi connectivity index (χ2v) is 3.54. The standard InChI is InChI=1S/C12H12FN3/c1-8-5-6-9(7-10(8)13)15-12-4-2-3-11(14)16-12/h2-7H,1H3,(H3,14,15,16). The first-order valence-electron chi connectivity index (χ1n) is 4.91. The minimum Gasteiger partial charge on any atom is -0.384 e. The van der Waals surface area contributed by atoms with Gasteiger partial charge in [-0.15, -0.1) is 0 Å². The first-order valence-corrected chi connectivity index (χ1v) is 4.91. The van der Waals surface area contributed by atoms with E-state index < -0.39 is 0 Å². The largest absolute Gasteiger partial charge is 0.384 e. The SMILES string of the molecule is Cc1ccc(Nc2cccc(N)n2)cc1F. The van der Waals surface area contributed by atoms with Crippen LogP contribution in [0.5, 0.6) is 0 Å². The molecule has 2 rings (SSSR count). The number of nitrogens with zero attached hydrogens (tertiary/aromatic N) is 1. The number of hydrogen-bond donors (Lipinski definition) is 2. The minimum atomic E-state index is -0.242. The first kappa shape index (κ1) is 10.4. The van der Waals surface area contributed by atoms with Crippen molar-refractivity contribution < 1.29 is 4.39 Å². The fourth-order valence-electron chi connectivity index (χ4n) is 1.34. The highest BCUT2D eigenvalue weighted by molar-refractivity contribution is 5.57. The third-order valence-corrected chi connectivity index (χ3v) is 2.21. The van der Waals surface area contributed by atoms with Crippen molar-refractivity contribution in [2.45, 2.75) is 6.92 Å². The molecule has 0 spiro atoms. The molecule has 0 aliphatic rings. The summed E-state index contributed by atoms with van der Waals surface area (Å²) >= 11 is 0. The molecular weight excluding hydrogens is 205 g/mol. The minimum absolute atomic E-state index is 0.242. The zero-order valence-corrected chi connectivity index (χ0v) is 8.87. The fourth-order valence-corrected chi connectivity index (χ4v) is 1.34. The molecule has 1 aromatic carbocycles. The van der Waals surface area contributed by atoms with Crippen LogP contribution in [0.25, 0.3) is 0 Å². The molecule has 3 nitrogen and oxygen atoms in total. The van der Waals surface area contributed by atoms with E-state index in [-0.39, 0.29) is 5.82 Å². The number of aryl methyl sites for hydroxylation is 1. The molecule has 0 fully saturated rings. The second kappa shape index (κ2) is 4.18. The van der Waals surface area contributed by atoms with Gasteiger partial charge in [0.15, 0.2) is 0 Å². The van der Waals surface area contributed by atoms with E-state index >= 15 is 0 Å². The Morgan fingerprint density at radius 3 is 2.75 bits per heavy atom. The topological polar surface area (TPSA) is 50.9 Å². The number of aromatic nitrogens is 1. The van der Waals surface area contributed by atoms with Gasteiger partial charge in [0.05, 0.1) is 0 Å². The summed E-state index contributed by atoms with van der Waals surface area (Å²) in [4.78, 5) is 4.06. The van der Waals surface area contributed by atoms with Crippen molar-refractivity contribution in [1.82, 2.24) is 4.98 Å². The molecule has 82 valence electrons. The smallest absolute Gasteiger partial charge is 0.132 e. The number of rotatable bonds is 2. The number of anilines is 3. The molecule has 1 aromatic heterocycles. The van der Waals surface area contributed by atoms with Crippen molar-refractivity contribution in [3.8, 4) is 0 Å². The van der Waals surface area contributed by atoms with Crippen molar-refractivity contribution in [3.63, 3.8) is 0 Å². The molecule has 0 bridgehead atoms. The van der Waals surface area contributed by atoms with Crippen molar-refractivity contribution in [2.75, 3.05) is 11.1 Å². The van der Waals surface area contributed by atoms with Crippen LogP contribution in [0.1, 0.15) is 5.56 Å². The van der Waals surface area contributed by atoms with Crippen LogP contribution in [0.15, 0.2) is 36.4 Å². The first-order chi connectivity index (χ1) is 7.65. The maximum absolute atomic E-state index is 13.3. The predicted molar refractivity (Wildman–Crippen MR) is 63.1 cm³/mol. The molecule has 0 amide bonds. The molecule has 0 saturated carbocycles. The Hall–Kier alpha value is -2.10. The van der Waals surface area contributed by atoms with E-state index in [9.17, 15) is 4.39 Å². The average Bonchev–Trinajstić information content (AvgIpc) is 2.24. The van der Waals surface area contributed by atoms with Gasteiger partial charge >= 0.3 is 0 Å². The molecule has 3 N–H and O–H groups in total. The number of nitrogens with two attached hydrogens (primary N) is 1. The molecule has 0 aliphatic heterocycles. The highest BCUT2D eigenvalue weighted by atomic mass is 19.1. The Labute approximate surface area is 93.1 Å². The van der Waals surface area contributed by atoms with Crippen molar-refractivity contribution in [3.05, 3.63) is 47.8 Å². The summed E-state index contributed by atoms with van der Waals surface area (Å²) in [5, 5.41) is 2.98. The molecule has 0 saturated heterocycles. The van der Waals surface area contributed by atoms with Crippen molar-refractivity contribution in [2.24, 2.45) is 0 Å². The monoisotopic (exact) mass is 217 g/mol. The summed E-state index contributed by atoms with van der Waals surface area (Å²) in [6.07, 6.45) is 0. The van der Waals surface area contributed by atoms with Crippen LogP contribution in [0, 0.1) is 12.7 Å². The molecule has 2 aromatic rings. The van der Waals surface area contributed by atoms with Gasteiger partial charge in [-0.2, -0.15) is 0 Å². The summed E-state index contributed by atoms with van der Waals surface area (Å²) in [5.41, 5.74) is 6.81. The lowest BCUT2D eigenvalue weighted by molar-refractivity contribution is 0.619.